The van der Waals surface area contributed by atoms with Crippen LogP contribution in [0.15, 0.2) is 24.3 Å². The molecule has 0 bridgehead atoms. The van der Waals surface area contributed by atoms with Gasteiger partial charge in [0.1, 0.15) is 5.01 Å². The van der Waals surface area contributed by atoms with Crippen molar-refractivity contribution in [3.8, 4) is 0 Å². The molecular weight excluding hydrogens is 282 g/mol. The molecule has 0 spiro atoms. The van der Waals surface area contributed by atoms with Crippen LogP contribution in [0.4, 0.5) is 0 Å². The van der Waals surface area contributed by atoms with Gasteiger partial charge < -0.3 is 4.74 Å². The molecular formula is C16H23N3OS. The largest absolute Gasteiger partial charge is 0.380 e. The van der Waals surface area contributed by atoms with E-state index in [-0.39, 0.29) is 0 Å². The molecule has 0 saturated carbocycles. The predicted octanol–water partition coefficient (Wildman–Crippen LogP) is 2.45. The van der Waals surface area contributed by atoms with Gasteiger partial charge in [0.2, 0.25) is 0 Å². The van der Waals surface area contributed by atoms with Crippen LogP contribution in [0, 0.1) is 0 Å². The SMILES string of the molecule is CCOCCN1CCN(Cc2nc3ccccc3s2)CC1. The van der Waals surface area contributed by atoms with Crippen LogP contribution in [0.25, 0.3) is 10.2 Å². The standard InChI is InChI=1S/C16H23N3OS/c1-2-20-12-11-18-7-9-19(10-8-18)13-16-17-14-5-3-4-6-15(14)21-16/h3-6H,2,7-13H2,1H3. The van der Waals surface area contributed by atoms with Crippen molar-refractivity contribution in [1.82, 2.24) is 14.8 Å². The summed E-state index contributed by atoms with van der Waals surface area (Å²) in [6, 6.07) is 8.40. The van der Waals surface area contributed by atoms with Crippen molar-refractivity contribution < 1.29 is 4.74 Å². The van der Waals surface area contributed by atoms with Crippen LogP contribution in [0.2, 0.25) is 0 Å². The molecule has 4 nitrogen and oxygen atoms in total. The Kier molecular flexibility index (Phi) is 5.19. The van der Waals surface area contributed by atoms with Crippen molar-refractivity contribution in [1.29, 1.82) is 0 Å². The summed E-state index contributed by atoms with van der Waals surface area (Å²) in [6.07, 6.45) is 0. The second kappa shape index (κ2) is 7.31. The maximum atomic E-state index is 5.43. The van der Waals surface area contributed by atoms with Gasteiger partial charge in [0.25, 0.3) is 0 Å². The highest BCUT2D eigenvalue weighted by molar-refractivity contribution is 7.18. The van der Waals surface area contributed by atoms with Gasteiger partial charge in [-0.25, -0.2) is 4.98 Å². The van der Waals surface area contributed by atoms with Gasteiger partial charge in [-0.15, -0.1) is 11.3 Å². The van der Waals surface area contributed by atoms with Gasteiger partial charge in [-0.3, -0.25) is 9.80 Å². The zero-order valence-corrected chi connectivity index (χ0v) is 13.4. The summed E-state index contributed by atoms with van der Waals surface area (Å²) >= 11 is 1.82. The van der Waals surface area contributed by atoms with Crippen molar-refractivity contribution in [3.63, 3.8) is 0 Å². The molecule has 0 radical (unpaired) electrons. The fraction of sp³-hybridized carbons (Fsp3) is 0.562. The van der Waals surface area contributed by atoms with Crippen LogP contribution in [0.1, 0.15) is 11.9 Å². The molecule has 0 amide bonds. The third kappa shape index (κ3) is 4.01. The maximum Gasteiger partial charge on any atom is 0.108 e. The molecule has 3 rings (SSSR count). The van der Waals surface area contributed by atoms with Gasteiger partial charge in [-0.2, -0.15) is 0 Å². The third-order valence-electron chi connectivity index (χ3n) is 3.92. The Bertz CT molecular complexity index is 530. The first-order valence-electron chi connectivity index (χ1n) is 7.72. The molecule has 1 saturated heterocycles. The number of ether oxygens (including phenoxy) is 1. The lowest BCUT2D eigenvalue weighted by atomic mass is 10.3. The number of thiazole rings is 1. The van der Waals surface area contributed by atoms with Crippen LogP contribution in [0.3, 0.4) is 0 Å². The minimum Gasteiger partial charge on any atom is -0.380 e. The number of rotatable bonds is 6. The molecule has 0 unspecified atom stereocenters. The van der Waals surface area contributed by atoms with Gasteiger partial charge in [-0.05, 0) is 19.1 Å². The van der Waals surface area contributed by atoms with Crippen LogP contribution < -0.4 is 0 Å². The van der Waals surface area contributed by atoms with E-state index in [2.05, 4.69) is 41.0 Å². The molecule has 21 heavy (non-hydrogen) atoms. The van der Waals surface area contributed by atoms with Crippen molar-refractivity contribution in [2.24, 2.45) is 0 Å². The quantitative estimate of drug-likeness (QED) is 0.767. The minimum absolute atomic E-state index is 0.817. The van der Waals surface area contributed by atoms with E-state index in [9.17, 15) is 0 Å². The number of aromatic nitrogens is 1. The average Bonchev–Trinajstić information content (AvgIpc) is 2.91. The van der Waals surface area contributed by atoms with E-state index in [0.717, 1.165) is 58.0 Å². The zero-order chi connectivity index (χ0) is 14.5. The third-order valence-corrected chi connectivity index (χ3v) is 4.94. The fourth-order valence-corrected chi connectivity index (χ4v) is 3.70. The molecule has 5 heteroatoms. The van der Waals surface area contributed by atoms with Gasteiger partial charge in [0.05, 0.1) is 23.4 Å². The van der Waals surface area contributed by atoms with Crippen LogP contribution in [0.5, 0.6) is 0 Å². The fourth-order valence-electron chi connectivity index (χ4n) is 2.69. The Labute approximate surface area is 130 Å². The van der Waals surface area contributed by atoms with Crippen molar-refractivity contribution >= 4 is 21.6 Å². The van der Waals surface area contributed by atoms with Crippen LogP contribution >= 0.6 is 11.3 Å². The lowest BCUT2D eigenvalue weighted by Crippen LogP contribution is -2.46. The van der Waals surface area contributed by atoms with Crippen molar-refractivity contribution in [2.75, 3.05) is 45.9 Å². The van der Waals surface area contributed by atoms with E-state index in [1.165, 1.54) is 9.71 Å². The van der Waals surface area contributed by atoms with Crippen LogP contribution in [-0.4, -0.2) is 60.7 Å². The van der Waals surface area contributed by atoms with E-state index >= 15 is 0 Å². The number of hydrogen-bond acceptors (Lipinski definition) is 5. The number of para-hydroxylation sites is 1. The van der Waals surface area contributed by atoms with Gasteiger partial charge in [0, 0.05) is 39.3 Å². The smallest absolute Gasteiger partial charge is 0.108 e. The Balaban J connectivity index is 1.48. The highest BCUT2D eigenvalue weighted by Gasteiger charge is 2.17. The molecule has 0 aliphatic carbocycles. The van der Waals surface area contributed by atoms with Crippen LogP contribution in [-0.2, 0) is 11.3 Å². The number of hydrogen-bond donors (Lipinski definition) is 0. The molecule has 1 aliphatic heterocycles. The normalized spacial score (nSPS) is 17.6. The minimum atomic E-state index is 0.817. The molecule has 1 aliphatic rings. The Morgan fingerprint density at radius 1 is 1.14 bits per heavy atom. The Hall–Kier alpha value is -1.01. The molecule has 1 fully saturated rings. The topological polar surface area (TPSA) is 28.6 Å². The van der Waals surface area contributed by atoms with Gasteiger partial charge in [0.15, 0.2) is 0 Å². The lowest BCUT2D eigenvalue weighted by molar-refractivity contribution is 0.0786. The predicted molar refractivity (Wildman–Crippen MR) is 87.8 cm³/mol. The first-order valence-corrected chi connectivity index (χ1v) is 8.53. The van der Waals surface area contributed by atoms with E-state index in [1.807, 2.05) is 11.3 Å². The number of benzene rings is 1. The summed E-state index contributed by atoms with van der Waals surface area (Å²) < 4.78 is 6.72. The monoisotopic (exact) mass is 305 g/mol. The van der Waals surface area contributed by atoms with E-state index in [1.54, 1.807) is 0 Å². The molecule has 0 N–H and O–H groups in total. The first kappa shape index (κ1) is 14.9. The van der Waals surface area contributed by atoms with Gasteiger partial charge >= 0.3 is 0 Å². The summed E-state index contributed by atoms with van der Waals surface area (Å²) in [5.74, 6) is 0. The summed E-state index contributed by atoms with van der Waals surface area (Å²) in [5.41, 5.74) is 1.13. The van der Waals surface area contributed by atoms with E-state index in [4.69, 9.17) is 9.72 Å². The summed E-state index contributed by atoms with van der Waals surface area (Å²) in [7, 11) is 0. The van der Waals surface area contributed by atoms with Crippen molar-refractivity contribution in [3.05, 3.63) is 29.3 Å². The molecule has 1 aromatic carbocycles. The number of fused-ring (bicyclic) bond motifs is 1. The average molecular weight is 305 g/mol. The second-order valence-electron chi connectivity index (χ2n) is 5.39. The summed E-state index contributed by atoms with van der Waals surface area (Å²) in [5, 5.41) is 1.24. The highest BCUT2D eigenvalue weighted by Crippen LogP contribution is 2.22. The van der Waals surface area contributed by atoms with Crippen molar-refractivity contribution in [2.45, 2.75) is 13.5 Å². The summed E-state index contributed by atoms with van der Waals surface area (Å²) in [6.45, 7) is 10.3. The Morgan fingerprint density at radius 3 is 2.67 bits per heavy atom. The Morgan fingerprint density at radius 2 is 1.90 bits per heavy atom. The lowest BCUT2D eigenvalue weighted by Gasteiger charge is -2.34. The first-order chi connectivity index (χ1) is 10.3. The zero-order valence-electron chi connectivity index (χ0n) is 12.6. The van der Waals surface area contributed by atoms with Gasteiger partial charge in [-0.1, -0.05) is 12.1 Å². The van der Waals surface area contributed by atoms with E-state index < -0.39 is 0 Å². The molecule has 0 atom stereocenters. The molecule has 2 aromatic rings. The molecule has 2 heterocycles. The molecule has 1 aromatic heterocycles. The van der Waals surface area contributed by atoms with E-state index in [0.29, 0.717) is 0 Å². The second-order valence-corrected chi connectivity index (χ2v) is 6.51. The number of nitrogens with zero attached hydrogens (tertiary/aromatic N) is 3. The molecule has 114 valence electrons. The highest BCUT2D eigenvalue weighted by atomic mass is 32.1. The number of piperazine rings is 1. The maximum absolute atomic E-state index is 5.43. The summed E-state index contributed by atoms with van der Waals surface area (Å²) in [4.78, 5) is 9.73.